The number of piperazine rings is 1. The monoisotopic (exact) mass is 229 g/mol. The minimum absolute atomic E-state index is 0.557. The standard InChI is InChI=1S/C12H27N3O/c1-12(2)13-4-10-16-11-9-15-7-5-14(3)6-8-15/h12-13H,4-11H2,1-3H3. The van der Waals surface area contributed by atoms with Gasteiger partial charge in [0.25, 0.3) is 0 Å². The molecule has 1 rings (SSSR count). The van der Waals surface area contributed by atoms with E-state index >= 15 is 0 Å². The summed E-state index contributed by atoms with van der Waals surface area (Å²) < 4.78 is 5.60. The summed E-state index contributed by atoms with van der Waals surface area (Å²) in [6.07, 6.45) is 0. The van der Waals surface area contributed by atoms with E-state index in [1.54, 1.807) is 0 Å². The van der Waals surface area contributed by atoms with Crippen molar-refractivity contribution in [2.24, 2.45) is 0 Å². The molecule has 96 valence electrons. The summed E-state index contributed by atoms with van der Waals surface area (Å²) in [6, 6.07) is 0.557. The molecule has 16 heavy (non-hydrogen) atoms. The Balaban J connectivity index is 1.87. The molecule has 0 aromatic carbocycles. The van der Waals surface area contributed by atoms with E-state index in [9.17, 15) is 0 Å². The van der Waals surface area contributed by atoms with E-state index < -0.39 is 0 Å². The average molecular weight is 229 g/mol. The summed E-state index contributed by atoms with van der Waals surface area (Å²) in [5.41, 5.74) is 0. The molecule has 0 unspecified atom stereocenters. The lowest BCUT2D eigenvalue weighted by Gasteiger charge is -2.32. The number of nitrogens with zero attached hydrogens (tertiary/aromatic N) is 2. The highest BCUT2D eigenvalue weighted by molar-refractivity contribution is 4.68. The van der Waals surface area contributed by atoms with Crippen LogP contribution in [-0.4, -0.2) is 75.4 Å². The molecule has 0 radical (unpaired) electrons. The van der Waals surface area contributed by atoms with Gasteiger partial charge in [-0.1, -0.05) is 13.8 Å². The fraction of sp³-hybridized carbons (Fsp3) is 1.00. The number of ether oxygens (including phenoxy) is 1. The molecule has 0 aliphatic carbocycles. The maximum Gasteiger partial charge on any atom is 0.0594 e. The number of likely N-dealkylation sites (N-methyl/N-ethyl adjacent to an activating group) is 1. The van der Waals surface area contributed by atoms with Crippen molar-refractivity contribution in [3.8, 4) is 0 Å². The molecule has 0 aromatic heterocycles. The molecule has 1 aliphatic heterocycles. The minimum Gasteiger partial charge on any atom is -0.379 e. The largest absolute Gasteiger partial charge is 0.379 e. The maximum absolute atomic E-state index is 5.60. The second-order valence-corrected chi connectivity index (χ2v) is 4.87. The molecule has 0 amide bonds. The van der Waals surface area contributed by atoms with Crippen LogP contribution >= 0.6 is 0 Å². The highest BCUT2D eigenvalue weighted by atomic mass is 16.5. The topological polar surface area (TPSA) is 27.7 Å². The second-order valence-electron chi connectivity index (χ2n) is 4.87. The Bertz CT molecular complexity index is 168. The molecule has 0 atom stereocenters. The zero-order valence-corrected chi connectivity index (χ0v) is 11.0. The Morgan fingerprint density at radius 2 is 1.81 bits per heavy atom. The van der Waals surface area contributed by atoms with E-state index in [0.717, 1.165) is 26.3 Å². The molecule has 0 aromatic rings. The first kappa shape index (κ1) is 13.9. The van der Waals surface area contributed by atoms with E-state index in [2.05, 4.69) is 36.0 Å². The van der Waals surface area contributed by atoms with Crippen LogP contribution in [0.25, 0.3) is 0 Å². The third-order valence-corrected chi connectivity index (χ3v) is 2.95. The Labute approximate surface area is 99.9 Å². The van der Waals surface area contributed by atoms with Crippen LogP contribution in [0.1, 0.15) is 13.8 Å². The molecule has 1 saturated heterocycles. The summed E-state index contributed by atoms with van der Waals surface area (Å²) in [5.74, 6) is 0. The van der Waals surface area contributed by atoms with Crippen molar-refractivity contribution in [1.82, 2.24) is 15.1 Å². The second kappa shape index (κ2) is 8.01. The van der Waals surface area contributed by atoms with Crippen LogP contribution in [0.5, 0.6) is 0 Å². The number of rotatable bonds is 7. The summed E-state index contributed by atoms with van der Waals surface area (Å²) in [5, 5.41) is 3.34. The smallest absolute Gasteiger partial charge is 0.0594 e. The van der Waals surface area contributed by atoms with E-state index in [4.69, 9.17) is 4.74 Å². The lowest BCUT2D eigenvalue weighted by atomic mass is 10.3. The van der Waals surface area contributed by atoms with E-state index in [1.807, 2.05) is 0 Å². The van der Waals surface area contributed by atoms with E-state index in [1.165, 1.54) is 26.2 Å². The summed E-state index contributed by atoms with van der Waals surface area (Å²) >= 11 is 0. The molecule has 1 N–H and O–H groups in total. The van der Waals surface area contributed by atoms with Crippen molar-refractivity contribution in [3.63, 3.8) is 0 Å². The first-order valence-corrected chi connectivity index (χ1v) is 6.40. The lowest BCUT2D eigenvalue weighted by molar-refractivity contribution is 0.0825. The van der Waals surface area contributed by atoms with Crippen molar-refractivity contribution in [3.05, 3.63) is 0 Å². The Morgan fingerprint density at radius 1 is 1.12 bits per heavy atom. The normalized spacial score (nSPS) is 19.5. The SMILES string of the molecule is CC(C)NCCOCCN1CCN(C)CC1. The van der Waals surface area contributed by atoms with Crippen LogP contribution in [0.15, 0.2) is 0 Å². The van der Waals surface area contributed by atoms with Crippen molar-refractivity contribution in [1.29, 1.82) is 0 Å². The predicted octanol–water partition coefficient (Wildman–Crippen LogP) is 0.248. The first-order chi connectivity index (χ1) is 7.68. The average Bonchev–Trinajstić information content (AvgIpc) is 2.25. The van der Waals surface area contributed by atoms with Crippen LogP contribution in [0, 0.1) is 0 Å². The van der Waals surface area contributed by atoms with Gasteiger partial charge in [-0.05, 0) is 7.05 Å². The number of nitrogens with one attached hydrogen (secondary N) is 1. The molecule has 0 saturated carbocycles. The highest BCUT2D eigenvalue weighted by Crippen LogP contribution is 1.98. The fourth-order valence-electron chi connectivity index (χ4n) is 1.79. The molecule has 4 heteroatoms. The fourth-order valence-corrected chi connectivity index (χ4v) is 1.79. The van der Waals surface area contributed by atoms with E-state index in [0.29, 0.717) is 6.04 Å². The molecular formula is C12H27N3O. The van der Waals surface area contributed by atoms with Gasteiger partial charge in [0.15, 0.2) is 0 Å². The first-order valence-electron chi connectivity index (χ1n) is 6.40. The van der Waals surface area contributed by atoms with Gasteiger partial charge in [-0.15, -0.1) is 0 Å². The third-order valence-electron chi connectivity index (χ3n) is 2.95. The zero-order valence-electron chi connectivity index (χ0n) is 11.0. The van der Waals surface area contributed by atoms with Gasteiger partial charge in [0.05, 0.1) is 13.2 Å². The van der Waals surface area contributed by atoms with Gasteiger partial charge in [-0.25, -0.2) is 0 Å². The van der Waals surface area contributed by atoms with Crippen LogP contribution in [-0.2, 0) is 4.74 Å². The van der Waals surface area contributed by atoms with Crippen molar-refractivity contribution in [2.45, 2.75) is 19.9 Å². The number of hydrogen-bond acceptors (Lipinski definition) is 4. The summed E-state index contributed by atoms with van der Waals surface area (Å²) in [7, 11) is 2.19. The van der Waals surface area contributed by atoms with Crippen LogP contribution in [0.3, 0.4) is 0 Å². The molecule has 0 spiro atoms. The molecule has 1 aliphatic rings. The Kier molecular flexibility index (Phi) is 6.96. The van der Waals surface area contributed by atoms with Crippen molar-refractivity contribution >= 4 is 0 Å². The Morgan fingerprint density at radius 3 is 2.44 bits per heavy atom. The quantitative estimate of drug-likeness (QED) is 0.633. The summed E-state index contributed by atoms with van der Waals surface area (Å²) in [6.45, 7) is 12.8. The van der Waals surface area contributed by atoms with Gasteiger partial charge < -0.3 is 15.0 Å². The minimum atomic E-state index is 0.557. The van der Waals surface area contributed by atoms with Gasteiger partial charge in [0, 0.05) is 45.3 Å². The van der Waals surface area contributed by atoms with Crippen molar-refractivity contribution < 1.29 is 4.74 Å². The maximum atomic E-state index is 5.60. The number of hydrogen-bond donors (Lipinski definition) is 1. The van der Waals surface area contributed by atoms with Gasteiger partial charge in [0.1, 0.15) is 0 Å². The van der Waals surface area contributed by atoms with E-state index in [-0.39, 0.29) is 0 Å². The molecule has 1 heterocycles. The summed E-state index contributed by atoms with van der Waals surface area (Å²) in [4.78, 5) is 4.86. The lowest BCUT2D eigenvalue weighted by Crippen LogP contribution is -2.45. The van der Waals surface area contributed by atoms with Gasteiger partial charge in [-0.3, -0.25) is 4.90 Å². The van der Waals surface area contributed by atoms with Crippen LogP contribution < -0.4 is 5.32 Å². The molecular weight excluding hydrogens is 202 g/mol. The molecule has 4 nitrogen and oxygen atoms in total. The third kappa shape index (κ3) is 6.43. The van der Waals surface area contributed by atoms with Crippen LogP contribution in [0.2, 0.25) is 0 Å². The van der Waals surface area contributed by atoms with Crippen LogP contribution in [0.4, 0.5) is 0 Å². The highest BCUT2D eigenvalue weighted by Gasteiger charge is 2.12. The molecule has 1 fully saturated rings. The Hall–Kier alpha value is -0.160. The molecule has 0 bridgehead atoms. The van der Waals surface area contributed by atoms with Gasteiger partial charge in [0.2, 0.25) is 0 Å². The predicted molar refractivity (Wildman–Crippen MR) is 67.9 cm³/mol. The van der Waals surface area contributed by atoms with Gasteiger partial charge in [-0.2, -0.15) is 0 Å². The van der Waals surface area contributed by atoms with Crippen molar-refractivity contribution in [2.75, 3.05) is 59.5 Å². The van der Waals surface area contributed by atoms with Gasteiger partial charge >= 0.3 is 0 Å². The zero-order chi connectivity index (χ0) is 11.8.